The lowest BCUT2D eigenvalue weighted by atomic mass is 10.1. The summed E-state index contributed by atoms with van der Waals surface area (Å²) in [6, 6.07) is 6.16. The summed E-state index contributed by atoms with van der Waals surface area (Å²) in [5, 5.41) is 0.633. The van der Waals surface area contributed by atoms with E-state index in [0.717, 1.165) is 0 Å². The van der Waals surface area contributed by atoms with Crippen LogP contribution in [0, 0.1) is 0 Å². The van der Waals surface area contributed by atoms with Crippen LogP contribution in [0.25, 0.3) is 11.0 Å². The number of carbonyl (C=O) groups excluding carboxylic acids is 1. The largest absolute Gasteiger partial charge is 0.493 e. The Hall–Kier alpha value is -2.77. The standard InChI is InChI=1S/C19H16Cl2N2O5/c1-25-14-5-9(6-15(26-2)18(14)27-3)17(24)16-19(28-4)23-13-8-11(21)10(20)7-12(13)22-16/h5-8H,1-4H3. The minimum Gasteiger partial charge on any atom is -0.493 e. The highest BCUT2D eigenvalue weighted by atomic mass is 35.5. The van der Waals surface area contributed by atoms with Gasteiger partial charge in [-0.15, -0.1) is 0 Å². The summed E-state index contributed by atoms with van der Waals surface area (Å²) in [5.74, 6) is 0.682. The number of ketones is 1. The molecule has 2 aromatic carbocycles. The van der Waals surface area contributed by atoms with Gasteiger partial charge in [-0.3, -0.25) is 4.79 Å². The van der Waals surface area contributed by atoms with E-state index in [1.54, 1.807) is 6.07 Å². The molecule has 0 spiro atoms. The second kappa shape index (κ2) is 8.08. The van der Waals surface area contributed by atoms with Crippen LogP contribution >= 0.6 is 23.2 Å². The number of rotatable bonds is 6. The zero-order valence-electron chi connectivity index (χ0n) is 15.5. The van der Waals surface area contributed by atoms with Gasteiger partial charge in [-0.2, -0.15) is 0 Å². The smallest absolute Gasteiger partial charge is 0.244 e. The van der Waals surface area contributed by atoms with Crippen LogP contribution in [0.3, 0.4) is 0 Å². The molecule has 0 amide bonds. The Kier molecular flexibility index (Phi) is 5.76. The van der Waals surface area contributed by atoms with E-state index in [-0.39, 0.29) is 17.1 Å². The van der Waals surface area contributed by atoms with Gasteiger partial charge in [-0.05, 0) is 24.3 Å². The average molecular weight is 423 g/mol. The van der Waals surface area contributed by atoms with Crippen molar-refractivity contribution in [2.24, 2.45) is 0 Å². The van der Waals surface area contributed by atoms with E-state index in [4.69, 9.17) is 42.1 Å². The van der Waals surface area contributed by atoms with Crippen LogP contribution in [-0.4, -0.2) is 44.2 Å². The number of benzene rings is 2. The molecule has 0 fully saturated rings. The van der Waals surface area contributed by atoms with Crippen molar-refractivity contribution in [3.63, 3.8) is 0 Å². The lowest BCUT2D eigenvalue weighted by molar-refractivity contribution is 0.103. The first-order valence-corrected chi connectivity index (χ1v) is 8.74. The maximum atomic E-state index is 13.2. The maximum Gasteiger partial charge on any atom is 0.244 e. The van der Waals surface area contributed by atoms with Crippen LogP contribution in [0.1, 0.15) is 16.1 Å². The van der Waals surface area contributed by atoms with Crippen LogP contribution in [-0.2, 0) is 0 Å². The summed E-state index contributed by atoms with van der Waals surface area (Å²) in [4.78, 5) is 21.9. The summed E-state index contributed by atoms with van der Waals surface area (Å²) in [6.45, 7) is 0. The van der Waals surface area contributed by atoms with Crippen LogP contribution in [0.4, 0.5) is 0 Å². The molecule has 1 aromatic heterocycles. The van der Waals surface area contributed by atoms with Crippen molar-refractivity contribution >= 4 is 40.0 Å². The predicted octanol–water partition coefficient (Wildman–Crippen LogP) is 4.20. The highest BCUT2D eigenvalue weighted by Crippen LogP contribution is 2.39. The summed E-state index contributed by atoms with van der Waals surface area (Å²) >= 11 is 12.1. The van der Waals surface area contributed by atoms with E-state index in [1.807, 2.05) is 0 Å². The van der Waals surface area contributed by atoms with Gasteiger partial charge in [-0.25, -0.2) is 9.97 Å². The van der Waals surface area contributed by atoms with Crippen molar-refractivity contribution in [1.82, 2.24) is 9.97 Å². The fourth-order valence-corrected chi connectivity index (χ4v) is 2.99. The fraction of sp³-hybridized carbons (Fsp3) is 0.211. The number of hydrogen-bond donors (Lipinski definition) is 0. The van der Waals surface area contributed by atoms with Crippen LogP contribution < -0.4 is 18.9 Å². The Morgan fingerprint density at radius 3 is 1.79 bits per heavy atom. The van der Waals surface area contributed by atoms with Gasteiger partial charge in [0, 0.05) is 5.56 Å². The molecule has 28 heavy (non-hydrogen) atoms. The Morgan fingerprint density at radius 2 is 1.32 bits per heavy atom. The second-order valence-corrected chi connectivity index (χ2v) is 6.39. The van der Waals surface area contributed by atoms with Crippen LogP contribution in [0.2, 0.25) is 10.0 Å². The number of nitrogens with zero attached hydrogens (tertiary/aromatic N) is 2. The van der Waals surface area contributed by atoms with Crippen molar-refractivity contribution in [3.8, 4) is 23.1 Å². The number of carbonyl (C=O) groups is 1. The quantitative estimate of drug-likeness (QED) is 0.550. The first kappa shape index (κ1) is 20.0. The molecule has 0 N–H and O–H groups in total. The summed E-state index contributed by atoms with van der Waals surface area (Å²) < 4.78 is 21.2. The number of methoxy groups -OCH3 is 4. The van der Waals surface area contributed by atoms with Gasteiger partial charge in [-0.1, -0.05) is 23.2 Å². The number of ether oxygens (including phenoxy) is 4. The Morgan fingerprint density at radius 1 is 0.786 bits per heavy atom. The SMILES string of the molecule is COc1cc(C(=O)c2nc3cc(Cl)c(Cl)cc3nc2OC)cc(OC)c1OC. The molecule has 146 valence electrons. The summed E-state index contributed by atoms with van der Waals surface area (Å²) in [7, 11) is 5.81. The van der Waals surface area contributed by atoms with E-state index in [0.29, 0.717) is 38.3 Å². The van der Waals surface area contributed by atoms with Gasteiger partial charge in [0.2, 0.25) is 17.4 Å². The molecule has 0 radical (unpaired) electrons. The third-order valence-corrected chi connectivity index (χ3v) is 4.73. The number of halogens is 2. The topological polar surface area (TPSA) is 79.8 Å². The first-order valence-electron chi connectivity index (χ1n) is 7.99. The molecule has 7 nitrogen and oxygen atoms in total. The van der Waals surface area contributed by atoms with E-state index >= 15 is 0 Å². The van der Waals surface area contributed by atoms with Crippen LogP contribution in [0.15, 0.2) is 24.3 Å². The summed E-state index contributed by atoms with van der Waals surface area (Å²) in [6.07, 6.45) is 0. The third-order valence-electron chi connectivity index (χ3n) is 4.01. The van der Waals surface area contributed by atoms with Crippen molar-refractivity contribution in [2.75, 3.05) is 28.4 Å². The average Bonchev–Trinajstić information content (AvgIpc) is 2.71. The molecule has 0 saturated carbocycles. The third kappa shape index (κ3) is 3.50. The van der Waals surface area contributed by atoms with E-state index in [2.05, 4.69) is 9.97 Å². The van der Waals surface area contributed by atoms with Crippen molar-refractivity contribution < 1.29 is 23.7 Å². The minimum absolute atomic E-state index is 0.0164. The normalized spacial score (nSPS) is 10.6. The monoisotopic (exact) mass is 422 g/mol. The maximum absolute atomic E-state index is 13.2. The van der Waals surface area contributed by atoms with Gasteiger partial charge in [0.1, 0.15) is 0 Å². The predicted molar refractivity (Wildman–Crippen MR) is 106 cm³/mol. The minimum atomic E-state index is -0.434. The highest BCUT2D eigenvalue weighted by Gasteiger charge is 2.23. The lowest BCUT2D eigenvalue weighted by Crippen LogP contribution is -2.10. The molecule has 1 heterocycles. The van der Waals surface area contributed by atoms with Crippen molar-refractivity contribution in [3.05, 3.63) is 45.6 Å². The van der Waals surface area contributed by atoms with E-state index in [9.17, 15) is 4.79 Å². The van der Waals surface area contributed by atoms with E-state index < -0.39 is 5.78 Å². The molecule has 3 aromatic rings. The second-order valence-electron chi connectivity index (χ2n) is 5.58. The van der Waals surface area contributed by atoms with Gasteiger partial charge < -0.3 is 18.9 Å². The Labute approximate surface area is 171 Å². The number of hydrogen-bond acceptors (Lipinski definition) is 7. The molecule has 0 aliphatic heterocycles. The molecular weight excluding hydrogens is 407 g/mol. The molecule has 0 aliphatic carbocycles. The lowest BCUT2D eigenvalue weighted by Gasteiger charge is -2.14. The molecule has 3 rings (SSSR count). The van der Waals surface area contributed by atoms with E-state index in [1.165, 1.54) is 46.6 Å². The molecule has 0 unspecified atom stereocenters. The van der Waals surface area contributed by atoms with Gasteiger partial charge in [0.15, 0.2) is 17.2 Å². The van der Waals surface area contributed by atoms with Gasteiger partial charge in [0.25, 0.3) is 0 Å². The number of fused-ring (bicyclic) bond motifs is 1. The zero-order chi connectivity index (χ0) is 20.4. The molecule has 0 saturated heterocycles. The zero-order valence-corrected chi connectivity index (χ0v) is 17.0. The van der Waals surface area contributed by atoms with Crippen LogP contribution in [0.5, 0.6) is 23.1 Å². The number of aromatic nitrogens is 2. The molecule has 0 bridgehead atoms. The molecular formula is C19H16Cl2N2O5. The molecule has 0 aliphatic rings. The molecule has 9 heteroatoms. The van der Waals surface area contributed by atoms with Crippen molar-refractivity contribution in [2.45, 2.75) is 0 Å². The fourth-order valence-electron chi connectivity index (χ4n) is 2.67. The Balaban J connectivity index is 2.19. The first-order chi connectivity index (χ1) is 13.4. The van der Waals surface area contributed by atoms with Crippen molar-refractivity contribution in [1.29, 1.82) is 0 Å². The highest BCUT2D eigenvalue weighted by molar-refractivity contribution is 6.42. The Bertz CT molecular complexity index is 1050. The molecule has 0 atom stereocenters. The van der Waals surface area contributed by atoms with Gasteiger partial charge >= 0.3 is 0 Å². The van der Waals surface area contributed by atoms with Gasteiger partial charge in [0.05, 0.1) is 49.5 Å². The summed E-state index contributed by atoms with van der Waals surface area (Å²) in [5.41, 5.74) is 1.14.